The molecule has 1 heterocycles. The number of ether oxygens (including phenoxy) is 1. The fourth-order valence-corrected chi connectivity index (χ4v) is 2.89. The molecule has 1 atom stereocenters. The number of anilines is 1. The maximum absolute atomic E-state index is 12.5. The normalized spacial score (nSPS) is 16.3. The van der Waals surface area contributed by atoms with E-state index in [2.05, 4.69) is 26.4 Å². The molecular weight excluding hydrogens is 372 g/mol. The molecule has 2 aromatic rings. The van der Waals surface area contributed by atoms with Crippen LogP contribution in [-0.4, -0.2) is 24.8 Å². The molecule has 0 saturated carbocycles. The summed E-state index contributed by atoms with van der Waals surface area (Å²) < 4.78 is 6.24. The van der Waals surface area contributed by atoms with Crippen molar-refractivity contribution in [2.45, 2.75) is 19.4 Å². The molecule has 5 nitrogen and oxygen atoms in total. The molecule has 24 heavy (non-hydrogen) atoms. The first-order chi connectivity index (χ1) is 11.6. The van der Waals surface area contributed by atoms with Gasteiger partial charge < -0.3 is 14.9 Å². The number of hydrogen-bond acceptors (Lipinski definition) is 4. The fourth-order valence-electron chi connectivity index (χ4n) is 2.49. The van der Waals surface area contributed by atoms with Crippen LogP contribution in [0.15, 0.2) is 52.1 Å². The van der Waals surface area contributed by atoms with Crippen LogP contribution in [0.25, 0.3) is 0 Å². The quantitative estimate of drug-likeness (QED) is 0.863. The number of nitrogens with one attached hydrogen (secondary N) is 1. The fraction of sp³-hybridized carbons (Fsp3) is 0.222. The number of carbonyl (C=O) groups is 1. The number of aryl methyl sites for hydroxylation is 1. The van der Waals surface area contributed by atoms with Crippen LogP contribution in [-0.2, 0) is 9.63 Å². The molecule has 1 N–H and O–H groups in total. The van der Waals surface area contributed by atoms with Crippen LogP contribution in [0.4, 0.5) is 5.69 Å². The first kappa shape index (κ1) is 16.5. The smallest absolute Gasteiger partial charge is 0.268 e. The van der Waals surface area contributed by atoms with Gasteiger partial charge in [-0.15, -0.1) is 0 Å². The third kappa shape index (κ3) is 3.59. The third-order valence-electron chi connectivity index (χ3n) is 3.73. The minimum Gasteiger partial charge on any atom is -0.495 e. The van der Waals surface area contributed by atoms with E-state index in [1.807, 2.05) is 49.4 Å². The minimum absolute atomic E-state index is 0.243. The number of hydrogen-bond donors (Lipinski definition) is 1. The van der Waals surface area contributed by atoms with Crippen molar-refractivity contribution in [3.05, 3.63) is 58.1 Å². The van der Waals surface area contributed by atoms with Gasteiger partial charge in [-0.1, -0.05) is 39.3 Å². The molecule has 0 spiro atoms. The van der Waals surface area contributed by atoms with Gasteiger partial charge in [-0.3, -0.25) is 4.79 Å². The molecule has 0 fully saturated rings. The Morgan fingerprint density at radius 1 is 1.33 bits per heavy atom. The molecule has 124 valence electrons. The van der Waals surface area contributed by atoms with Crippen LogP contribution in [0, 0.1) is 6.92 Å². The standard InChI is InChI=1S/C18H17BrN2O3/c1-11-6-7-16(23-2)15(8-11)20-18(22)17-10-14(21-24-17)12-4-3-5-13(19)9-12/h3-9,17H,10H2,1-2H3,(H,20,22). The lowest BCUT2D eigenvalue weighted by molar-refractivity contribution is -0.125. The van der Waals surface area contributed by atoms with Gasteiger partial charge in [0.2, 0.25) is 6.10 Å². The topological polar surface area (TPSA) is 59.9 Å². The van der Waals surface area contributed by atoms with Gasteiger partial charge >= 0.3 is 0 Å². The summed E-state index contributed by atoms with van der Waals surface area (Å²) in [5.41, 5.74) is 3.35. The molecule has 1 aliphatic heterocycles. The lowest BCUT2D eigenvalue weighted by Crippen LogP contribution is -2.28. The predicted octanol–water partition coefficient (Wildman–Crippen LogP) is 3.90. The number of halogens is 1. The van der Waals surface area contributed by atoms with Crippen molar-refractivity contribution in [3.8, 4) is 5.75 Å². The van der Waals surface area contributed by atoms with Crippen LogP contribution in [0.5, 0.6) is 5.75 Å². The second-order valence-electron chi connectivity index (χ2n) is 5.54. The van der Waals surface area contributed by atoms with Crippen molar-refractivity contribution in [2.75, 3.05) is 12.4 Å². The van der Waals surface area contributed by atoms with Gasteiger partial charge in [0.25, 0.3) is 5.91 Å². The second kappa shape index (κ2) is 7.05. The number of methoxy groups -OCH3 is 1. The molecule has 1 unspecified atom stereocenters. The number of amides is 1. The Bertz CT molecular complexity index is 805. The van der Waals surface area contributed by atoms with Crippen LogP contribution in [0.3, 0.4) is 0 Å². The average Bonchev–Trinajstić information content (AvgIpc) is 3.05. The van der Waals surface area contributed by atoms with E-state index >= 15 is 0 Å². The molecular formula is C18H17BrN2O3. The lowest BCUT2D eigenvalue weighted by atomic mass is 10.0. The van der Waals surface area contributed by atoms with Gasteiger partial charge in [-0.05, 0) is 36.8 Å². The minimum atomic E-state index is -0.649. The highest BCUT2D eigenvalue weighted by Crippen LogP contribution is 2.27. The van der Waals surface area contributed by atoms with E-state index in [0.29, 0.717) is 17.9 Å². The van der Waals surface area contributed by atoms with Crippen molar-refractivity contribution in [2.24, 2.45) is 5.16 Å². The summed E-state index contributed by atoms with van der Waals surface area (Å²) >= 11 is 3.43. The summed E-state index contributed by atoms with van der Waals surface area (Å²) in [5, 5.41) is 6.91. The third-order valence-corrected chi connectivity index (χ3v) is 4.23. The van der Waals surface area contributed by atoms with Gasteiger partial charge in [-0.25, -0.2) is 0 Å². The summed E-state index contributed by atoms with van der Waals surface area (Å²) in [6.07, 6.45) is -0.222. The molecule has 3 rings (SSSR count). The highest BCUT2D eigenvalue weighted by atomic mass is 79.9. The Hall–Kier alpha value is -2.34. The van der Waals surface area contributed by atoms with Crippen LogP contribution in [0.1, 0.15) is 17.5 Å². The summed E-state index contributed by atoms with van der Waals surface area (Å²) in [6.45, 7) is 1.95. The number of benzene rings is 2. The first-order valence-electron chi connectivity index (χ1n) is 7.51. The summed E-state index contributed by atoms with van der Waals surface area (Å²) in [5.74, 6) is 0.368. The Kier molecular flexibility index (Phi) is 4.85. The van der Waals surface area contributed by atoms with Crippen LogP contribution < -0.4 is 10.1 Å². The predicted molar refractivity (Wildman–Crippen MR) is 96.5 cm³/mol. The van der Waals surface area contributed by atoms with Crippen LogP contribution >= 0.6 is 15.9 Å². The molecule has 1 aliphatic rings. The Morgan fingerprint density at radius 3 is 2.92 bits per heavy atom. The zero-order chi connectivity index (χ0) is 17.1. The van der Waals surface area contributed by atoms with Gasteiger partial charge in [0.15, 0.2) is 0 Å². The Morgan fingerprint density at radius 2 is 2.17 bits per heavy atom. The molecule has 6 heteroatoms. The number of carbonyl (C=O) groups excluding carboxylic acids is 1. The van der Waals surface area contributed by atoms with E-state index < -0.39 is 6.10 Å². The highest BCUT2D eigenvalue weighted by Gasteiger charge is 2.29. The summed E-state index contributed by atoms with van der Waals surface area (Å²) in [7, 11) is 1.57. The van der Waals surface area contributed by atoms with E-state index in [4.69, 9.17) is 9.57 Å². The first-order valence-corrected chi connectivity index (χ1v) is 8.30. The van der Waals surface area contributed by atoms with Gasteiger partial charge in [0, 0.05) is 16.5 Å². The van der Waals surface area contributed by atoms with Crippen molar-refractivity contribution in [3.63, 3.8) is 0 Å². The zero-order valence-corrected chi connectivity index (χ0v) is 15.0. The highest BCUT2D eigenvalue weighted by molar-refractivity contribution is 9.10. The molecule has 0 aromatic heterocycles. The van der Waals surface area contributed by atoms with E-state index in [1.165, 1.54) is 0 Å². The second-order valence-corrected chi connectivity index (χ2v) is 6.46. The SMILES string of the molecule is COc1ccc(C)cc1NC(=O)C1CC(c2cccc(Br)c2)=NO1. The summed E-state index contributed by atoms with van der Waals surface area (Å²) in [4.78, 5) is 17.8. The molecule has 0 saturated heterocycles. The monoisotopic (exact) mass is 388 g/mol. The Balaban J connectivity index is 1.69. The maximum atomic E-state index is 12.5. The van der Waals surface area contributed by atoms with Crippen LogP contribution in [0.2, 0.25) is 0 Å². The lowest BCUT2D eigenvalue weighted by Gasteiger charge is -2.13. The van der Waals surface area contributed by atoms with Gasteiger partial charge in [-0.2, -0.15) is 0 Å². The Labute approximate surface area is 148 Å². The van der Waals surface area contributed by atoms with E-state index in [9.17, 15) is 4.79 Å². The molecule has 2 aromatic carbocycles. The van der Waals surface area contributed by atoms with E-state index in [1.54, 1.807) is 7.11 Å². The van der Waals surface area contributed by atoms with Gasteiger partial charge in [0.1, 0.15) is 5.75 Å². The largest absolute Gasteiger partial charge is 0.495 e. The van der Waals surface area contributed by atoms with Crippen molar-refractivity contribution in [1.29, 1.82) is 0 Å². The molecule has 0 bridgehead atoms. The number of rotatable bonds is 4. The van der Waals surface area contributed by atoms with Crippen molar-refractivity contribution in [1.82, 2.24) is 0 Å². The maximum Gasteiger partial charge on any atom is 0.268 e. The number of oxime groups is 1. The molecule has 0 radical (unpaired) electrons. The van der Waals surface area contributed by atoms with Crippen molar-refractivity contribution < 1.29 is 14.4 Å². The molecule has 0 aliphatic carbocycles. The number of nitrogens with zero attached hydrogens (tertiary/aromatic N) is 1. The van der Waals surface area contributed by atoms with Crippen molar-refractivity contribution >= 4 is 33.2 Å². The molecule has 1 amide bonds. The van der Waals surface area contributed by atoms with Gasteiger partial charge in [0.05, 0.1) is 18.5 Å². The average molecular weight is 389 g/mol. The summed E-state index contributed by atoms with van der Waals surface area (Å²) in [6, 6.07) is 13.4. The zero-order valence-electron chi connectivity index (χ0n) is 13.4. The van der Waals surface area contributed by atoms with E-state index in [-0.39, 0.29) is 5.91 Å². The van der Waals surface area contributed by atoms with E-state index in [0.717, 1.165) is 21.3 Å².